The van der Waals surface area contributed by atoms with Crippen molar-refractivity contribution in [3.05, 3.63) is 36.4 Å². The van der Waals surface area contributed by atoms with Crippen LogP contribution in [0, 0.1) is 0 Å². The standard InChI is InChI=1S/C27H30O16.ClH/c28-7-17-19(34)21(36)23(38)26(41-17)43-25-22(37)20(35)18(8-29)42-27(25)40-16-6-11-13(32)4-10(30)5-15(11)39-24(16)9-1-2-12(31)14(33)3-9;/h1-6,17-23,25-29,34-38H,7-8H2,(H3-,30,31,32,33);1H/t17-,18-,19-,20-,21+,22+,23-,25-,26+,27?;/m1./s1. The second-order valence-electron chi connectivity index (χ2n) is 10.1. The third kappa shape index (κ3) is 6.28. The molecule has 1 unspecified atom stereocenters. The third-order valence-corrected chi connectivity index (χ3v) is 7.26. The lowest BCUT2D eigenvalue weighted by molar-refractivity contribution is -0.357. The van der Waals surface area contributed by atoms with Crippen molar-refractivity contribution in [1.29, 1.82) is 0 Å². The van der Waals surface area contributed by atoms with Gasteiger partial charge in [-0.1, -0.05) is 0 Å². The number of hydrogen-bond donors (Lipinski definition) is 11. The summed E-state index contributed by atoms with van der Waals surface area (Å²) in [7, 11) is 0. The number of phenols is 4. The molecule has 5 rings (SSSR count). The highest BCUT2D eigenvalue weighted by molar-refractivity contribution is 5.88. The van der Waals surface area contributed by atoms with Gasteiger partial charge in [0.2, 0.25) is 12.0 Å². The average molecular weight is 647 g/mol. The Morgan fingerprint density at radius 3 is 1.95 bits per heavy atom. The summed E-state index contributed by atoms with van der Waals surface area (Å²) >= 11 is 0. The van der Waals surface area contributed by atoms with E-state index >= 15 is 0 Å². The van der Waals surface area contributed by atoms with Crippen molar-refractivity contribution in [3.63, 3.8) is 0 Å². The largest absolute Gasteiger partial charge is 1.00 e. The predicted octanol–water partition coefficient (Wildman–Crippen LogP) is -4.79. The molecule has 2 saturated heterocycles. The maximum absolute atomic E-state index is 10.9. The summed E-state index contributed by atoms with van der Waals surface area (Å²) in [5.74, 6) is -2.13. The maximum Gasteiger partial charge on any atom is 0.402 e. The first-order valence-electron chi connectivity index (χ1n) is 13.0. The van der Waals surface area contributed by atoms with E-state index in [2.05, 4.69) is 0 Å². The summed E-state index contributed by atoms with van der Waals surface area (Å²) in [6.07, 6.45) is -17.1. The zero-order chi connectivity index (χ0) is 31.2. The van der Waals surface area contributed by atoms with Gasteiger partial charge in [-0.2, -0.15) is 0 Å². The van der Waals surface area contributed by atoms with Crippen molar-refractivity contribution in [3.8, 4) is 40.1 Å². The van der Waals surface area contributed by atoms with Crippen molar-refractivity contribution in [2.24, 2.45) is 0 Å². The van der Waals surface area contributed by atoms with E-state index in [4.69, 9.17) is 23.4 Å². The van der Waals surface area contributed by atoms with Gasteiger partial charge in [-0.25, -0.2) is 4.42 Å². The molecule has 3 heterocycles. The molecule has 0 bridgehead atoms. The molecule has 10 atom stereocenters. The second-order valence-corrected chi connectivity index (χ2v) is 10.1. The average Bonchev–Trinajstić information content (AvgIpc) is 2.98. The van der Waals surface area contributed by atoms with E-state index < -0.39 is 91.9 Å². The summed E-state index contributed by atoms with van der Waals surface area (Å²) in [4.78, 5) is 0. The smallest absolute Gasteiger partial charge is 0.402 e. The zero-order valence-electron chi connectivity index (χ0n) is 22.5. The number of fused-ring (bicyclic) bond motifs is 1. The molecule has 17 heteroatoms. The molecule has 2 aromatic carbocycles. The number of aromatic hydroxyl groups is 4. The minimum atomic E-state index is -1.89. The Morgan fingerprint density at radius 1 is 0.682 bits per heavy atom. The first-order valence-corrected chi connectivity index (χ1v) is 13.0. The minimum Gasteiger partial charge on any atom is -1.00 e. The topological polar surface area (TPSA) is 271 Å². The van der Waals surface area contributed by atoms with Gasteiger partial charge in [-0.15, -0.1) is 0 Å². The van der Waals surface area contributed by atoms with Gasteiger partial charge in [0.25, 0.3) is 0 Å². The monoisotopic (exact) mass is 646 g/mol. The summed E-state index contributed by atoms with van der Waals surface area (Å²) < 4.78 is 28.6. The van der Waals surface area contributed by atoms with E-state index in [-0.39, 0.29) is 46.2 Å². The Kier molecular flexibility index (Phi) is 10.2. The lowest BCUT2D eigenvalue weighted by Gasteiger charge is -2.45. The Balaban J connectivity index is 0.00000442. The van der Waals surface area contributed by atoms with Crippen molar-refractivity contribution in [1.82, 2.24) is 0 Å². The van der Waals surface area contributed by atoms with Gasteiger partial charge in [-0.05, 0) is 12.1 Å². The molecule has 0 saturated carbocycles. The van der Waals surface area contributed by atoms with Gasteiger partial charge in [0, 0.05) is 18.2 Å². The molecule has 0 aliphatic carbocycles. The van der Waals surface area contributed by atoms with Crippen LogP contribution in [0.2, 0.25) is 0 Å². The van der Waals surface area contributed by atoms with E-state index in [1.165, 1.54) is 18.2 Å². The van der Waals surface area contributed by atoms with Crippen LogP contribution in [0.5, 0.6) is 28.7 Å². The highest BCUT2D eigenvalue weighted by atomic mass is 35.5. The first-order chi connectivity index (χ1) is 20.4. The van der Waals surface area contributed by atoms with E-state index in [1.807, 2.05) is 0 Å². The molecule has 3 aromatic rings. The first kappa shape index (κ1) is 33.6. The van der Waals surface area contributed by atoms with Crippen LogP contribution in [0.15, 0.2) is 40.8 Å². The molecule has 242 valence electrons. The predicted molar refractivity (Wildman–Crippen MR) is 140 cm³/mol. The lowest BCUT2D eigenvalue weighted by atomic mass is 9.97. The van der Waals surface area contributed by atoms with Crippen LogP contribution < -0.4 is 17.1 Å². The fourth-order valence-electron chi connectivity index (χ4n) is 4.89. The van der Waals surface area contributed by atoms with Crippen molar-refractivity contribution in [2.45, 2.75) is 61.4 Å². The second kappa shape index (κ2) is 13.4. The molecular weight excluding hydrogens is 616 g/mol. The zero-order valence-corrected chi connectivity index (χ0v) is 23.2. The van der Waals surface area contributed by atoms with Gasteiger partial charge < -0.3 is 87.5 Å². The van der Waals surface area contributed by atoms with Crippen LogP contribution in [0.3, 0.4) is 0 Å². The molecule has 0 amide bonds. The van der Waals surface area contributed by atoms with E-state index in [0.717, 1.165) is 18.2 Å². The summed E-state index contributed by atoms with van der Waals surface area (Å²) in [6.45, 7) is -1.56. The fraction of sp³-hybridized carbons (Fsp3) is 0.444. The van der Waals surface area contributed by atoms with Gasteiger partial charge in [-0.3, -0.25) is 0 Å². The lowest BCUT2D eigenvalue weighted by Crippen LogP contribution is -3.00. The van der Waals surface area contributed by atoms with Crippen LogP contribution in [0.25, 0.3) is 22.3 Å². The molecule has 2 aliphatic heterocycles. The third-order valence-electron chi connectivity index (χ3n) is 7.26. The number of halogens is 1. The molecule has 0 spiro atoms. The highest BCUT2D eigenvalue weighted by Crippen LogP contribution is 2.42. The van der Waals surface area contributed by atoms with Crippen LogP contribution in [0.1, 0.15) is 0 Å². The molecular formula is C27H31ClO16. The number of phenolic OH excluding ortho intramolecular Hbond substituents is 4. The molecule has 11 N–H and O–H groups in total. The Hall–Kier alpha value is -3.26. The van der Waals surface area contributed by atoms with Crippen molar-refractivity contribution in [2.75, 3.05) is 13.2 Å². The van der Waals surface area contributed by atoms with E-state index in [1.54, 1.807) is 0 Å². The Labute approximate surface area is 254 Å². The van der Waals surface area contributed by atoms with Gasteiger partial charge >= 0.3 is 11.3 Å². The van der Waals surface area contributed by atoms with E-state index in [0.29, 0.717) is 0 Å². The van der Waals surface area contributed by atoms with Crippen molar-refractivity contribution >= 4 is 11.0 Å². The van der Waals surface area contributed by atoms with Crippen LogP contribution in [-0.2, 0) is 14.2 Å². The number of rotatable bonds is 7. The van der Waals surface area contributed by atoms with Crippen LogP contribution >= 0.6 is 0 Å². The summed E-state index contributed by atoms with van der Waals surface area (Å²) in [5.41, 5.74) is 0.0892. The van der Waals surface area contributed by atoms with Gasteiger partial charge in [0.05, 0.1) is 24.8 Å². The number of aliphatic hydroxyl groups is 7. The van der Waals surface area contributed by atoms with Gasteiger partial charge in [0.15, 0.2) is 23.9 Å². The molecule has 1 aromatic heterocycles. The maximum atomic E-state index is 10.9. The molecule has 0 radical (unpaired) electrons. The van der Waals surface area contributed by atoms with E-state index in [9.17, 15) is 56.2 Å². The highest BCUT2D eigenvalue weighted by Gasteiger charge is 2.51. The normalized spacial score (nSPS) is 32.2. The summed E-state index contributed by atoms with van der Waals surface area (Å²) in [6, 6.07) is 7.08. The number of hydrogen-bond acceptors (Lipinski definition) is 15. The number of benzene rings is 2. The van der Waals surface area contributed by atoms with Crippen molar-refractivity contribution < 1.29 is 91.9 Å². The molecule has 44 heavy (non-hydrogen) atoms. The van der Waals surface area contributed by atoms with Crippen LogP contribution in [0.4, 0.5) is 0 Å². The molecule has 16 nitrogen and oxygen atoms in total. The van der Waals surface area contributed by atoms with Gasteiger partial charge in [0.1, 0.15) is 59.6 Å². The SMILES string of the molecule is OC[C@H]1O[C@@H](O[C@H]2C(Oc3cc4c(O)cc(O)cc4[o+]c3-c3ccc(O)c(O)c3)O[C@H](CO)[C@@H](O)[C@@H]2O)[C@H](O)[C@@H](O)[C@@H]1O.[Cl-]. The Morgan fingerprint density at radius 2 is 1.32 bits per heavy atom. The minimum absolute atomic E-state index is 0. The molecule has 2 aliphatic rings. The number of ether oxygens (including phenoxy) is 4. The quantitative estimate of drug-likeness (QED) is 0.0849. The van der Waals surface area contributed by atoms with Crippen LogP contribution in [-0.4, -0.2) is 131 Å². The fourth-order valence-corrected chi connectivity index (χ4v) is 4.89. The summed E-state index contributed by atoms with van der Waals surface area (Å²) in [5, 5.41) is 112. The number of aliphatic hydroxyl groups excluding tert-OH is 7. The molecule has 2 fully saturated rings. The Bertz CT molecular complexity index is 1460.